The molecule has 0 aromatic carbocycles. The molecule has 0 amide bonds. The lowest BCUT2D eigenvalue weighted by Crippen LogP contribution is -2.43. The van der Waals surface area contributed by atoms with Crippen molar-refractivity contribution in [3.8, 4) is 0 Å². The van der Waals surface area contributed by atoms with Gasteiger partial charge in [-0.15, -0.1) is 5.10 Å². The molecule has 1 aromatic rings. The number of aromatic nitrogens is 3. The summed E-state index contributed by atoms with van der Waals surface area (Å²) in [5.74, 6) is 1.46. The Morgan fingerprint density at radius 1 is 1.33 bits per heavy atom. The van der Waals surface area contributed by atoms with Crippen LogP contribution in [0.25, 0.3) is 0 Å². The second-order valence-electron chi connectivity index (χ2n) is 8.65. The zero-order chi connectivity index (χ0) is 15.7. The van der Waals surface area contributed by atoms with E-state index in [1.807, 2.05) is 11.7 Å². The van der Waals surface area contributed by atoms with Crippen molar-refractivity contribution in [2.24, 2.45) is 24.3 Å². The van der Waals surface area contributed by atoms with Crippen LogP contribution in [-0.2, 0) is 13.5 Å². The Balaban J connectivity index is 2.03. The molecule has 1 saturated carbocycles. The average molecular weight is 292 g/mol. The van der Waals surface area contributed by atoms with Crippen LogP contribution in [-0.4, -0.2) is 27.1 Å². The summed E-state index contributed by atoms with van der Waals surface area (Å²) in [6, 6.07) is 0. The van der Waals surface area contributed by atoms with Crippen molar-refractivity contribution in [3.63, 3.8) is 0 Å². The molecule has 2 unspecified atom stereocenters. The first-order chi connectivity index (χ1) is 9.65. The maximum Gasteiger partial charge on any atom is 0.0829 e. The second-order valence-corrected chi connectivity index (χ2v) is 8.65. The molecule has 1 fully saturated rings. The minimum Gasteiger partial charge on any atom is -0.312 e. The van der Waals surface area contributed by atoms with Crippen LogP contribution in [0.5, 0.6) is 0 Å². The quantitative estimate of drug-likeness (QED) is 0.927. The molecule has 0 radical (unpaired) electrons. The molecule has 2 atom stereocenters. The highest BCUT2D eigenvalue weighted by atomic mass is 15.4. The van der Waals surface area contributed by atoms with Gasteiger partial charge in [-0.05, 0) is 70.3 Å². The zero-order valence-corrected chi connectivity index (χ0v) is 14.6. The molecule has 1 aromatic heterocycles. The Bertz CT molecular complexity index is 456. The highest BCUT2D eigenvalue weighted by Crippen LogP contribution is 2.42. The number of hydrogen-bond donors (Lipinski definition) is 1. The minimum absolute atomic E-state index is 0.198. The van der Waals surface area contributed by atoms with Crippen molar-refractivity contribution in [2.45, 2.75) is 65.8 Å². The zero-order valence-electron chi connectivity index (χ0n) is 14.6. The third-order valence-corrected chi connectivity index (χ3v) is 4.69. The summed E-state index contributed by atoms with van der Waals surface area (Å²) in [5, 5.41) is 12.1. The number of nitrogens with zero attached hydrogens (tertiary/aromatic N) is 3. The van der Waals surface area contributed by atoms with Gasteiger partial charge in [0.25, 0.3) is 0 Å². The van der Waals surface area contributed by atoms with E-state index in [4.69, 9.17) is 0 Å². The molecule has 1 heterocycles. The van der Waals surface area contributed by atoms with Crippen LogP contribution in [0.15, 0.2) is 6.20 Å². The summed E-state index contributed by atoms with van der Waals surface area (Å²) in [6.45, 7) is 12.7. The van der Waals surface area contributed by atoms with Gasteiger partial charge in [0.15, 0.2) is 0 Å². The Labute approximate surface area is 129 Å². The minimum atomic E-state index is 0.198. The largest absolute Gasteiger partial charge is 0.312 e. The van der Waals surface area contributed by atoms with E-state index in [9.17, 15) is 0 Å². The first kappa shape index (κ1) is 16.5. The number of aryl methyl sites for hydroxylation is 1. The third-order valence-electron chi connectivity index (χ3n) is 4.69. The molecule has 0 spiro atoms. The fourth-order valence-corrected chi connectivity index (χ4v) is 3.49. The van der Waals surface area contributed by atoms with Crippen molar-refractivity contribution < 1.29 is 0 Å². The van der Waals surface area contributed by atoms with E-state index in [2.05, 4.69) is 56.4 Å². The fourth-order valence-electron chi connectivity index (χ4n) is 3.49. The highest BCUT2D eigenvalue weighted by molar-refractivity contribution is 4.98. The Morgan fingerprint density at radius 2 is 2.05 bits per heavy atom. The van der Waals surface area contributed by atoms with Crippen LogP contribution in [0.1, 0.15) is 59.6 Å². The number of hydrogen-bond acceptors (Lipinski definition) is 3. The summed E-state index contributed by atoms with van der Waals surface area (Å²) in [6.07, 6.45) is 7.07. The third kappa shape index (κ3) is 5.10. The van der Waals surface area contributed by atoms with E-state index in [1.54, 1.807) is 0 Å². The van der Waals surface area contributed by atoms with Crippen LogP contribution < -0.4 is 5.32 Å². The summed E-state index contributed by atoms with van der Waals surface area (Å²) in [5.41, 5.74) is 1.80. The maximum absolute atomic E-state index is 4.29. The van der Waals surface area contributed by atoms with Crippen molar-refractivity contribution in [2.75, 3.05) is 6.54 Å². The first-order valence-electron chi connectivity index (χ1n) is 8.25. The molecule has 4 heteroatoms. The Kier molecular flexibility index (Phi) is 4.76. The van der Waals surface area contributed by atoms with Gasteiger partial charge in [0.2, 0.25) is 0 Å². The van der Waals surface area contributed by atoms with Crippen molar-refractivity contribution in [1.29, 1.82) is 0 Å². The second kappa shape index (κ2) is 6.07. The van der Waals surface area contributed by atoms with E-state index in [1.165, 1.54) is 19.3 Å². The number of rotatable bonds is 4. The monoisotopic (exact) mass is 292 g/mol. The van der Waals surface area contributed by atoms with Gasteiger partial charge in [-0.25, -0.2) is 0 Å². The van der Waals surface area contributed by atoms with Crippen molar-refractivity contribution in [1.82, 2.24) is 20.3 Å². The molecule has 4 nitrogen and oxygen atoms in total. The molecular formula is C17H32N4. The topological polar surface area (TPSA) is 42.7 Å². The smallest absolute Gasteiger partial charge is 0.0829 e. The van der Waals surface area contributed by atoms with Gasteiger partial charge < -0.3 is 5.32 Å². The molecule has 1 aliphatic rings. The molecule has 0 saturated heterocycles. The van der Waals surface area contributed by atoms with E-state index in [0.29, 0.717) is 11.3 Å². The SMILES string of the molecule is Cn1cc(CC2CC(C)(C)CCC2CNC(C)(C)C)nn1. The van der Waals surface area contributed by atoms with Gasteiger partial charge >= 0.3 is 0 Å². The predicted molar refractivity (Wildman–Crippen MR) is 87.1 cm³/mol. The summed E-state index contributed by atoms with van der Waals surface area (Å²) >= 11 is 0. The van der Waals surface area contributed by atoms with Crippen LogP contribution in [0.3, 0.4) is 0 Å². The van der Waals surface area contributed by atoms with Gasteiger partial charge in [-0.1, -0.05) is 19.1 Å². The van der Waals surface area contributed by atoms with Crippen molar-refractivity contribution >= 4 is 0 Å². The predicted octanol–water partition coefficient (Wildman–Crippen LogP) is 3.19. The molecular weight excluding hydrogens is 260 g/mol. The summed E-state index contributed by atoms with van der Waals surface area (Å²) < 4.78 is 1.81. The molecule has 1 N–H and O–H groups in total. The molecule has 120 valence electrons. The van der Waals surface area contributed by atoms with E-state index in [0.717, 1.165) is 24.6 Å². The fraction of sp³-hybridized carbons (Fsp3) is 0.882. The summed E-state index contributed by atoms with van der Waals surface area (Å²) in [4.78, 5) is 0. The lowest BCUT2D eigenvalue weighted by Gasteiger charge is -2.41. The van der Waals surface area contributed by atoms with Gasteiger partial charge in [-0.3, -0.25) is 4.68 Å². The van der Waals surface area contributed by atoms with E-state index < -0.39 is 0 Å². The molecule has 0 bridgehead atoms. The highest BCUT2D eigenvalue weighted by Gasteiger charge is 2.35. The van der Waals surface area contributed by atoms with E-state index >= 15 is 0 Å². The number of nitrogens with one attached hydrogen (secondary N) is 1. The standard InChI is InChI=1S/C17H32N4/c1-16(2,3)18-11-13-7-8-17(4,5)10-14(13)9-15-12-21(6)20-19-15/h12-14,18H,7-11H2,1-6H3. The first-order valence-corrected chi connectivity index (χ1v) is 8.25. The van der Waals surface area contributed by atoms with Crippen LogP contribution in [0, 0.1) is 17.3 Å². The van der Waals surface area contributed by atoms with Gasteiger partial charge in [0.1, 0.15) is 0 Å². The van der Waals surface area contributed by atoms with Crippen LogP contribution >= 0.6 is 0 Å². The molecule has 2 rings (SSSR count). The Hall–Kier alpha value is -0.900. The molecule has 0 aliphatic heterocycles. The van der Waals surface area contributed by atoms with Crippen molar-refractivity contribution in [3.05, 3.63) is 11.9 Å². The van der Waals surface area contributed by atoms with Gasteiger partial charge in [-0.2, -0.15) is 0 Å². The lowest BCUT2D eigenvalue weighted by atomic mass is 9.66. The van der Waals surface area contributed by atoms with Crippen LogP contribution in [0.2, 0.25) is 0 Å². The van der Waals surface area contributed by atoms with E-state index in [-0.39, 0.29) is 5.54 Å². The van der Waals surface area contributed by atoms with Gasteiger partial charge in [0.05, 0.1) is 5.69 Å². The lowest BCUT2D eigenvalue weighted by molar-refractivity contribution is 0.110. The molecule has 1 aliphatic carbocycles. The molecule has 21 heavy (non-hydrogen) atoms. The van der Waals surface area contributed by atoms with Gasteiger partial charge in [0, 0.05) is 18.8 Å². The summed E-state index contributed by atoms with van der Waals surface area (Å²) in [7, 11) is 1.94. The maximum atomic E-state index is 4.29. The average Bonchev–Trinajstić information content (AvgIpc) is 2.71. The van der Waals surface area contributed by atoms with Crippen LogP contribution in [0.4, 0.5) is 0 Å². The normalized spacial score (nSPS) is 26.0. The Morgan fingerprint density at radius 3 is 2.62 bits per heavy atom.